The van der Waals surface area contributed by atoms with E-state index in [0.717, 1.165) is 47.9 Å². The van der Waals surface area contributed by atoms with Crippen molar-refractivity contribution in [3.63, 3.8) is 0 Å². The van der Waals surface area contributed by atoms with Crippen LogP contribution in [0.4, 0.5) is 0 Å². The van der Waals surface area contributed by atoms with Crippen molar-refractivity contribution in [3.05, 3.63) is 35.3 Å². The molecule has 2 heterocycles. The van der Waals surface area contributed by atoms with Gasteiger partial charge in [-0.25, -0.2) is 4.98 Å². The zero-order valence-corrected chi connectivity index (χ0v) is 13.0. The molecule has 1 atom stereocenters. The third-order valence-corrected chi connectivity index (χ3v) is 4.89. The van der Waals surface area contributed by atoms with Crippen molar-refractivity contribution in [1.29, 1.82) is 0 Å². The van der Waals surface area contributed by atoms with Crippen molar-refractivity contribution in [2.24, 2.45) is 0 Å². The predicted octanol–water partition coefficient (Wildman–Crippen LogP) is 2.78. The molecule has 5 heteroatoms. The summed E-state index contributed by atoms with van der Waals surface area (Å²) in [6, 6.07) is 8.25. The molecule has 0 saturated carbocycles. The maximum absolute atomic E-state index is 9.39. The first-order chi connectivity index (χ1) is 10.3. The van der Waals surface area contributed by atoms with E-state index in [1.165, 1.54) is 0 Å². The van der Waals surface area contributed by atoms with E-state index in [1.807, 2.05) is 24.3 Å². The Balaban J connectivity index is 1.77. The summed E-state index contributed by atoms with van der Waals surface area (Å²) in [6.07, 6.45) is 2.24. The predicted molar refractivity (Wildman–Crippen MR) is 84.6 cm³/mol. The van der Waals surface area contributed by atoms with Gasteiger partial charge in [-0.15, -0.1) is 11.3 Å². The molecule has 1 aliphatic heterocycles. The van der Waals surface area contributed by atoms with Crippen molar-refractivity contribution in [1.82, 2.24) is 9.88 Å². The van der Waals surface area contributed by atoms with Crippen LogP contribution in [0.2, 0.25) is 0 Å². The standard InChI is InChI=1S/C16H20N2O2S/c1-20-15-7-3-2-6-14(15)16-17-12(11-21-16)9-18-8-4-5-13(18)10-19/h2-3,6-7,11,13,19H,4-5,8-10H2,1H3. The first kappa shape index (κ1) is 14.5. The fourth-order valence-electron chi connectivity index (χ4n) is 2.84. The minimum absolute atomic E-state index is 0.240. The van der Waals surface area contributed by atoms with Gasteiger partial charge in [0.15, 0.2) is 0 Å². The molecule has 0 radical (unpaired) electrons. The van der Waals surface area contributed by atoms with Gasteiger partial charge in [-0.1, -0.05) is 12.1 Å². The molecule has 1 unspecified atom stereocenters. The van der Waals surface area contributed by atoms with E-state index >= 15 is 0 Å². The lowest BCUT2D eigenvalue weighted by atomic mass is 10.2. The summed E-state index contributed by atoms with van der Waals surface area (Å²) in [5.74, 6) is 0.854. The van der Waals surface area contributed by atoms with Crippen LogP contribution in [0.5, 0.6) is 5.75 Å². The van der Waals surface area contributed by atoms with Crippen molar-refractivity contribution >= 4 is 11.3 Å². The Labute approximate surface area is 129 Å². The maximum Gasteiger partial charge on any atom is 0.129 e. The molecule has 4 nitrogen and oxygen atoms in total. The molecule has 0 spiro atoms. The Morgan fingerprint density at radius 3 is 3.10 bits per heavy atom. The van der Waals surface area contributed by atoms with Crippen molar-refractivity contribution in [2.45, 2.75) is 25.4 Å². The zero-order chi connectivity index (χ0) is 14.7. The Hall–Kier alpha value is -1.43. The number of aliphatic hydroxyl groups is 1. The first-order valence-corrected chi connectivity index (χ1v) is 8.12. The molecule has 1 aromatic carbocycles. The van der Waals surface area contributed by atoms with E-state index in [2.05, 4.69) is 10.3 Å². The fraction of sp³-hybridized carbons (Fsp3) is 0.438. The van der Waals surface area contributed by atoms with Crippen LogP contribution in [-0.2, 0) is 6.54 Å². The average Bonchev–Trinajstić information content (AvgIpc) is 3.16. The van der Waals surface area contributed by atoms with Gasteiger partial charge < -0.3 is 9.84 Å². The van der Waals surface area contributed by atoms with Gasteiger partial charge in [-0.05, 0) is 31.5 Å². The smallest absolute Gasteiger partial charge is 0.129 e. The minimum atomic E-state index is 0.240. The van der Waals surface area contributed by atoms with Crippen LogP contribution in [-0.4, -0.2) is 41.3 Å². The number of ether oxygens (including phenoxy) is 1. The molecular weight excluding hydrogens is 284 g/mol. The Bertz CT molecular complexity index is 599. The number of hydrogen-bond donors (Lipinski definition) is 1. The SMILES string of the molecule is COc1ccccc1-c1nc(CN2CCCC2CO)cs1. The van der Waals surface area contributed by atoms with Crippen molar-refractivity contribution in [3.8, 4) is 16.3 Å². The number of nitrogens with zero attached hydrogens (tertiary/aromatic N) is 2. The lowest BCUT2D eigenvalue weighted by Crippen LogP contribution is -2.31. The molecule has 21 heavy (non-hydrogen) atoms. The lowest BCUT2D eigenvalue weighted by molar-refractivity contribution is 0.152. The van der Waals surface area contributed by atoms with E-state index in [1.54, 1.807) is 18.4 Å². The van der Waals surface area contributed by atoms with Crippen LogP contribution in [0.1, 0.15) is 18.5 Å². The Morgan fingerprint density at radius 1 is 1.43 bits per heavy atom. The third-order valence-electron chi connectivity index (χ3n) is 3.96. The highest BCUT2D eigenvalue weighted by Crippen LogP contribution is 2.32. The molecule has 0 aliphatic carbocycles. The summed E-state index contributed by atoms with van der Waals surface area (Å²) in [5, 5.41) is 12.5. The Kier molecular flexibility index (Phi) is 4.53. The molecule has 1 N–H and O–H groups in total. The molecule has 112 valence electrons. The summed E-state index contributed by atoms with van der Waals surface area (Å²) < 4.78 is 5.40. The number of likely N-dealkylation sites (tertiary alicyclic amines) is 1. The zero-order valence-electron chi connectivity index (χ0n) is 12.2. The Morgan fingerprint density at radius 2 is 2.29 bits per heavy atom. The maximum atomic E-state index is 9.39. The van der Waals surface area contributed by atoms with Crippen molar-refractivity contribution in [2.75, 3.05) is 20.3 Å². The molecule has 1 fully saturated rings. The molecule has 3 rings (SSSR count). The van der Waals surface area contributed by atoms with Gasteiger partial charge in [-0.3, -0.25) is 4.90 Å². The van der Waals surface area contributed by atoms with E-state index in [-0.39, 0.29) is 6.61 Å². The van der Waals surface area contributed by atoms with Gasteiger partial charge in [0, 0.05) is 18.0 Å². The molecule has 2 aromatic rings. The van der Waals surface area contributed by atoms with Gasteiger partial charge in [0.2, 0.25) is 0 Å². The quantitative estimate of drug-likeness (QED) is 0.922. The topological polar surface area (TPSA) is 45.6 Å². The number of rotatable bonds is 5. The number of methoxy groups -OCH3 is 1. The molecular formula is C16H20N2O2S. The highest BCUT2D eigenvalue weighted by atomic mass is 32.1. The second-order valence-corrected chi connectivity index (χ2v) is 6.15. The van der Waals surface area contributed by atoms with Gasteiger partial charge in [0.1, 0.15) is 10.8 Å². The van der Waals surface area contributed by atoms with E-state index in [9.17, 15) is 5.11 Å². The average molecular weight is 304 g/mol. The minimum Gasteiger partial charge on any atom is -0.496 e. The number of para-hydroxylation sites is 1. The van der Waals surface area contributed by atoms with Gasteiger partial charge in [-0.2, -0.15) is 0 Å². The number of aromatic nitrogens is 1. The van der Waals surface area contributed by atoms with Gasteiger partial charge in [0.25, 0.3) is 0 Å². The molecule has 0 bridgehead atoms. The summed E-state index contributed by atoms with van der Waals surface area (Å²) in [6.45, 7) is 2.10. The van der Waals surface area contributed by atoms with Crippen LogP contribution in [0.15, 0.2) is 29.6 Å². The third kappa shape index (κ3) is 3.10. The second kappa shape index (κ2) is 6.56. The van der Waals surface area contributed by atoms with Gasteiger partial charge in [0.05, 0.1) is 25.0 Å². The first-order valence-electron chi connectivity index (χ1n) is 7.24. The van der Waals surface area contributed by atoms with E-state index < -0.39 is 0 Å². The second-order valence-electron chi connectivity index (χ2n) is 5.29. The van der Waals surface area contributed by atoms with E-state index in [0.29, 0.717) is 6.04 Å². The van der Waals surface area contributed by atoms with Crippen molar-refractivity contribution < 1.29 is 9.84 Å². The summed E-state index contributed by atoms with van der Waals surface area (Å²) in [5.41, 5.74) is 2.11. The summed E-state index contributed by atoms with van der Waals surface area (Å²) in [4.78, 5) is 7.06. The number of thiazole rings is 1. The van der Waals surface area contributed by atoms with Crippen LogP contribution in [0, 0.1) is 0 Å². The number of benzene rings is 1. The summed E-state index contributed by atoms with van der Waals surface area (Å²) in [7, 11) is 1.68. The summed E-state index contributed by atoms with van der Waals surface area (Å²) >= 11 is 1.64. The van der Waals surface area contributed by atoms with Crippen LogP contribution < -0.4 is 4.74 Å². The molecule has 1 saturated heterocycles. The normalized spacial score (nSPS) is 19.0. The van der Waals surface area contributed by atoms with Crippen LogP contribution in [0.3, 0.4) is 0 Å². The lowest BCUT2D eigenvalue weighted by Gasteiger charge is -2.21. The van der Waals surface area contributed by atoms with Crippen LogP contribution >= 0.6 is 11.3 Å². The highest BCUT2D eigenvalue weighted by molar-refractivity contribution is 7.13. The molecule has 1 aromatic heterocycles. The number of hydrogen-bond acceptors (Lipinski definition) is 5. The van der Waals surface area contributed by atoms with Crippen LogP contribution in [0.25, 0.3) is 10.6 Å². The number of aliphatic hydroxyl groups excluding tert-OH is 1. The molecule has 0 amide bonds. The largest absolute Gasteiger partial charge is 0.496 e. The van der Waals surface area contributed by atoms with Gasteiger partial charge >= 0.3 is 0 Å². The van der Waals surface area contributed by atoms with E-state index in [4.69, 9.17) is 9.72 Å². The highest BCUT2D eigenvalue weighted by Gasteiger charge is 2.24. The monoisotopic (exact) mass is 304 g/mol. The fourth-order valence-corrected chi connectivity index (χ4v) is 3.68. The molecule has 1 aliphatic rings.